The molecule has 1 heterocycles. The Bertz CT molecular complexity index is 238. The molecular weight excluding hydrogens is 176 g/mol. The van der Waals surface area contributed by atoms with Gasteiger partial charge in [0.25, 0.3) is 10.2 Å². The van der Waals surface area contributed by atoms with Crippen LogP contribution in [0.1, 0.15) is 26.2 Å². The maximum Gasteiger partial charge on any atom is 0.276 e. The fraction of sp³-hybridized carbons (Fsp3) is 1.00. The highest BCUT2D eigenvalue weighted by Crippen LogP contribution is 2.17. The lowest BCUT2D eigenvalue weighted by Gasteiger charge is -2.15. The second kappa shape index (κ2) is 3.72. The summed E-state index contributed by atoms with van der Waals surface area (Å²) < 4.78 is 23.3. The van der Waals surface area contributed by atoms with Gasteiger partial charge in [-0.05, 0) is 25.2 Å². The van der Waals surface area contributed by atoms with Crippen LogP contribution in [-0.4, -0.2) is 25.8 Å². The van der Waals surface area contributed by atoms with Crippen LogP contribution in [0.4, 0.5) is 0 Å². The van der Waals surface area contributed by atoms with Crippen LogP contribution < -0.4 is 5.14 Å². The first kappa shape index (κ1) is 9.95. The summed E-state index contributed by atoms with van der Waals surface area (Å²) in [5.41, 5.74) is 0. The van der Waals surface area contributed by atoms with Gasteiger partial charge in [-0.2, -0.15) is 12.7 Å². The standard InChI is InChI=1S/C7H16N2O2S/c1-7-3-2-5-9(6-4-7)12(8,10)11/h7H,2-6H2,1H3,(H2,8,10,11). The number of hydrogen-bond donors (Lipinski definition) is 1. The average Bonchev–Trinajstić information content (AvgIpc) is 2.11. The highest BCUT2D eigenvalue weighted by atomic mass is 32.2. The molecule has 1 unspecified atom stereocenters. The van der Waals surface area contributed by atoms with Gasteiger partial charge in [0.1, 0.15) is 0 Å². The number of nitrogens with zero attached hydrogens (tertiary/aromatic N) is 1. The van der Waals surface area contributed by atoms with E-state index in [4.69, 9.17) is 5.14 Å². The minimum Gasteiger partial charge on any atom is -0.216 e. The summed E-state index contributed by atoms with van der Waals surface area (Å²) in [5, 5.41) is 5.02. The fourth-order valence-electron chi connectivity index (χ4n) is 1.49. The molecule has 0 bridgehead atoms. The predicted molar refractivity (Wildman–Crippen MR) is 47.7 cm³/mol. The molecule has 72 valence electrons. The Balaban J connectivity index is 2.58. The molecule has 1 aliphatic rings. The van der Waals surface area contributed by atoms with E-state index in [1.807, 2.05) is 0 Å². The zero-order valence-electron chi connectivity index (χ0n) is 7.36. The maximum atomic E-state index is 10.9. The van der Waals surface area contributed by atoms with Crippen molar-refractivity contribution in [3.63, 3.8) is 0 Å². The van der Waals surface area contributed by atoms with Crippen LogP contribution in [0.3, 0.4) is 0 Å². The second-order valence-corrected chi connectivity index (χ2v) is 5.03. The van der Waals surface area contributed by atoms with Gasteiger partial charge in [-0.3, -0.25) is 0 Å². The van der Waals surface area contributed by atoms with Gasteiger partial charge in [-0.15, -0.1) is 0 Å². The third kappa shape index (κ3) is 2.73. The van der Waals surface area contributed by atoms with Crippen molar-refractivity contribution in [1.82, 2.24) is 4.31 Å². The van der Waals surface area contributed by atoms with E-state index in [9.17, 15) is 8.42 Å². The molecule has 0 aliphatic carbocycles. The minimum absolute atomic E-state index is 0.583. The Morgan fingerprint density at radius 2 is 2.00 bits per heavy atom. The molecule has 1 saturated heterocycles. The van der Waals surface area contributed by atoms with Crippen LogP contribution in [0.25, 0.3) is 0 Å². The smallest absolute Gasteiger partial charge is 0.216 e. The molecule has 0 amide bonds. The molecular formula is C7H16N2O2S. The molecule has 1 atom stereocenters. The Morgan fingerprint density at radius 1 is 1.33 bits per heavy atom. The first-order valence-corrected chi connectivity index (χ1v) is 5.78. The van der Waals surface area contributed by atoms with E-state index in [0.29, 0.717) is 19.0 Å². The number of hydrogen-bond acceptors (Lipinski definition) is 2. The molecule has 0 aromatic heterocycles. The third-order valence-corrected chi connectivity index (χ3v) is 3.42. The van der Waals surface area contributed by atoms with Gasteiger partial charge >= 0.3 is 0 Å². The second-order valence-electron chi connectivity index (χ2n) is 3.48. The van der Waals surface area contributed by atoms with Crippen molar-refractivity contribution in [2.75, 3.05) is 13.1 Å². The minimum atomic E-state index is -3.44. The van der Waals surface area contributed by atoms with E-state index >= 15 is 0 Å². The normalized spacial score (nSPS) is 28.3. The van der Waals surface area contributed by atoms with Crippen molar-refractivity contribution < 1.29 is 8.42 Å². The van der Waals surface area contributed by atoms with E-state index in [1.165, 1.54) is 4.31 Å². The molecule has 4 nitrogen and oxygen atoms in total. The molecule has 1 rings (SSSR count). The average molecular weight is 192 g/mol. The maximum absolute atomic E-state index is 10.9. The van der Waals surface area contributed by atoms with E-state index < -0.39 is 10.2 Å². The van der Waals surface area contributed by atoms with Crippen LogP contribution in [0.2, 0.25) is 0 Å². The Hall–Kier alpha value is -0.130. The number of rotatable bonds is 1. The van der Waals surface area contributed by atoms with Crippen molar-refractivity contribution in [2.45, 2.75) is 26.2 Å². The zero-order chi connectivity index (χ0) is 9.19. The summed E-state index contributed by atoms with van der Waals surface area (Å²) in [6.07, 6.45) is 2.96. The largest absolute Gasteiger partial charge is 0.276 e. The molecule has 0 saturated carbocycles. The van der Waals surface area contributed by atoms with Crippen LogP contribution in [0.5, 0.6) is 0 Å². The highest BCUT2D eigenvalue weighted by Gasteiger charge is 2.20. The summed E-state index contributed by atoms with van der Waals surface area (Å²) in [4.78, 5) is 0. The Kier molecular flexibility index (Phi) is 3.09. The monoisotopic (exact) mass is 192 g/mol. The molecule has 1 aliphatic heterocycles. The summed E-state index contributed by atoms with van der Waals surface area (Å²) in [6.45, 7) is 3.32. The van der Waals surface area contributed by atoms with Gasteiger partial charge in [0, 0.05) is 13.1 Å². The molecule has 0 spiro atoms. The van der Waals surface area contributed by atoms with E-state index in [0.717, 1.165) is 19.3 Å². The van der Waals surface area contributed by atoms with Crippen LogP contribution in [0, 0.1) is 5.92 Å². The molecule has 0 radical (unpaired) electrons. The van der Waals surface area contributed by atoms with E-state index in [1.54, 1.807) is 0 Å². The van der Waals surface area contributed by atoms with Crippen molar-refractivity contribution in [3.8, 4) is 0 Å². The van der Waals surface area contributed by atoms with Crippen molar-refractivity contribution in [2.24, 2.45) is 11.1 Å². The molecule has 1 fully saturated rings. The van der Waals surface area contributed by atoms with Gasteiger partial charge in [0.2, 0.25) is 0 Å². The van der Waals surface area contributed by atoms with Crippen LogP contribution >= 0.6 is 0 Å². The fourth-order valence-corrected chi connectivity index (χ4v) is 2.23. The van der Waals surface area contributed by atoms with Gasteiger partial charge in [0.05, 0.1) is 0 Å². The summed E-state index contributed by atoms with van der Waals surface area (Å²) in [7, 11) is -3.44. The summed E-state index contributed by atoms with van der Waals surface area (Å²) in [5.74, 6) is 0.622. The van der Waals surface area contributed by atoms with E-state index in [-0.39, 0.29) is 0 Å². The molecule has 2 N–H and O–H groups in total. The Morgan fingerprint density at radius 3 is 2.58 bits per heavy atom. The molecule has 0 aromatic rings. The van der Waals surface area contributed by atoms with Gasteiger partial charge in [0.15, 0.2) is 0 Å². The molecule has 12 heavy (non-hydrogen) atoms. The summed E-state index contributed by atoms with van der Waals surface area (Å²) >= 11 is 0. The first-order valence-electron chi connectivity index (χ1n) is 4.28. The van der Waals surface area contributed by atoms with Crippen molar-refractivity contribution in [3.05, 3.63) is 0 Å². The molecule has 5 heteroatoms. The molecule has 0 aromatic carbocycles. The van der Waals surface area contributed by atoms with Crippen LogP contribution in [0.15, 0.2) is 0 Å². The van der Waals surface area contributed by atoms with Gasteiger partial charge < -0.3 is 0 Å². The highest BCUT2D eigenvalue weighted by molar-refractivity contribution is 7.86. The first-order chi connectivity index (χ1) is 5.50. The van der Waals surface area contributed by atoms with Gasteiger partial charge in [-0.25, -0.2) is 5.14 Å². The lowest BCUT2D eigenvalue weighted by Crippen LogP contribution is -2.37. The van der Waals surface area contributed by atoms with Crippen molar-refractivity contribution in [1.29, 1.82) is 0 Å². The summed E-state index contributed by atoms with van der Waals surface area (Å²) in [6, 6.07) is 0. The number of nitrogens with two attached hydrogens (primary N) is 1. The van der Waals surface area contributed by atoms with Crippen LogP contribution in [-0.2, 0) is 10.2 Å². The van der Waals surface area contributed by atoms with Crippen molar-refractivity contribution >= 4 is 10.2 Å². The van der Waals surface area contributed by atoms with E-state index in [2.05, 4.69) is 6.92 Å². The lowest BCUT2D eigenvalue weighted by molar-refractivity contribution is 0.417. The SMILES string of the molecule is CC1CCCN(S(N)(=O)=O)CC1. The lowest BCUT2D eigenvalue weighted by atomic mass is 10.0. The third-order valence-electron chi connectivity index (χ3n) is 2.34. The Labute approximate surface area is 73.9 Å². The predicted octanol–water partition coefficient (Wildman–Crippen LogP) is 0.312. The quantitative estimate of drug-likeness (QED) is 0.650. The zero-order valence-corrected chi connectivity index (χ0v) is 8.18. The van der Waals surface area contributed by atoms with Gasteiger partial charge in [-0.1, -0.05) is 6.92 Å². The topological polar surface area (TPSA) is 63.4 Å².